The molecular weight excluding hydrogens is 288 g/mol. The lowest BCUT2D eigenvalue weighted by molar-refractivity contribution is 0.102. The highest BCUT2D eigenvalue weighted by atomic mass is 16.1. The Balaban J connectivity index is 1.91. The van der Waals surface area contributed by atoms with Crippen LogP contribution in [0, 0.1) is 6.92 Å². The van der Waals surface area contributed by atoms with Gasteiger partial charge in [0.1, 0.15) is 5.82 Å². The fraction of sp³-hybridized carbons (Fsp3) is 0.167. The first kappa shape index (κ1) is 15.0. The Bertz CT molecular complexity index is 807. The van der Waals surface area contributed by atoms with Crippen LogP contribution in [0.25, 0.3) is 5.69 Å². The third-order valence-electron chi connectivity index (χ3n) is 3.63. The van der Waals surface area contributed by atoms with Crippen LogP contribution in [0.4, 0.5) is 5.82 Å². The number of hydrogen-bond acceptors (Lipinski definition) is 3. The molecular formula is C18H18N4O. The van der Waals surface area contributed by atoms with Crippen LogP contribution in [0.15, 0.2) is 54.9 Å². The van der Waals surface area contributed by atoms with Crippen molar-refractivity contribution in [2.45, 2.75) is 20.3 Å². The fourth-order valence-corrected chi connectivity index (χ4v) is 2.43. The molecule has 1 amide bonds. The SMILES string of the molecule is CCc1c(C(=O)Nc2ccccn2)cnn1-c1ccc(C)cc1. The smallest absolute Gasteiger partial charge is 0.260 e. The van der Waals surface area contributed by atoms with E-state index < -0.39 is 0 Å². The summed E-state index contributed by atoms with van der Waals surface area (Å²) in [4.78, 5) is 16.6. The molecule has 0 spiro atoms. The normalized spacial score (nSPS) is 10.5. The van der Waals surface area contributed by atoms with Crippen molar-refractivity contribution in [1.82, 2.24) is 14.8 Å². The average Bonchev–Trinajstić information content (AvgIpc) is 3.00. The van der Waals surface area contributed by atoms with E-state index in [9.17, 15) is 4.79 Å². The molecule has 0 bridgehead atoms. The Morgan fingerprint density at radius 3 is 2.61 bits per heavy atom. The highest BCUT2D eigenvalue weighted by Crippen LogP contribution is 2.17. The van der Waals surface area contributed by atoms with Gasteiger partial charge in [-0.15, -0.1) is 0 Å². The van der Waals surface area contributed by atoms with E-state index in [0.717, 1.165) is 11.4 Å². The van der Waals surface area contributed by atoms with Crippen LogP contribution < -0.4 is 5.32 Å². The molecule has 0 aliphatic heterocycles. The van der Waals surface area contributed by atoms with E-state index in [1.165, 1.54) is 5.56 Å². The number of amides is 1. The second-order valence-corrected chi connectivity index (χ2v) is 5.27. The number of benzene rings is 1. The number of rotatable bonds is 4. The van der Waals surface area contributed by atoms with Gasteiger partial charge in [-0.25, -0.2) is 9.67 Å². The summed E-state index contributed by atoms with van der Waals surface area (Å²) in [6.07, 6.45) is 3.96. The van der Waals surface area contributed by atoms with Crippen molar-refractivity contribution in [3.05, 3.63) is 71.7 Å². The second-order valence-electron chi connectivity index (χ2n) is 5.27. The monoisotopic (exact) mass is 306 g/mol. The van der Waals surface area contributed by atoms with Crippen LogP contribution in [0.5, 0.6) is 0 Å². The maximum absolute atomic E-state index is 12.5. The van der Waals surface area contributed by atoms with Gasteiger partial charge in [-0.2, -0.15) is 5.10 Å². The Kier molecular flexibility index (Phi) is 4.19. The minimum Gasteiger partial charge on any atom is -0.306 e. The molecule has 0 saturated carbocycles. The first-order valence-corrected chi connectivity index (χ1v) is 7.55. The molecule has 3 aromatic rings. The lowest BCUT2D eigenvalue weighted by Gasteiger charge is -2.08. The van der Waals surface area contributed by atoms with E-state index in [1.54, 1.807) is 18.5 Å². The van der Waals surface area contributed by atoms with Gasteiger partial charge in [0.05, 0.1) is 23.1 Å². The number of aryl methyl sites for hydroxylation is 1. The van der Waals surface area contributed by atoms with E-state index >= 15 is 0 Å². The van der Waals surface area contributed by atoms with Gasteiger partial charge in [0.25, 0.3) is 5.91 Å². The van der Waals surface area contributed by atoms with Gasteiger partial charge >= 0.3 is 0 Å². The first-order chi connectivity index (χ1) is 11.2. The van der Waals surface area contributed by atoms with Crippen molar-refractivity contribution < 1.29 is 4.79 Å². The molecule has 5 heteroatoms. The van der Waals surface area contributed by atoms with Crippen LogP contribution in [0.1, 0.15) is 28.5 Å². The van der Waals surface area contributed by atoms with Crippen molar-refractivity contribution >= 4 is 11.7 Å². The molecule has 0 atom stereocenters. The second kappa shape index (κ2) is 6.44. The molecule has 2 aromatic heterocycles. The number of aromatic nitrogens is 3. The number of hydrogen-bond donors (Lipinski definition) is 1. The quantitative estimate of drug-likeness (QED) is 0.803. The molecule has 1 N–H and O–H groups in total. The lowest BCUT2D eigenvalue weighted by Crippen LogP contribution is -2.15. The number of pyridine rings is 1. The maximum atomic E-state index is 12.5. The number of nitrogens with one attached hydrogen (secondary N) is 1. The van der Waals surface area contributed by atoms with Gasteiger partial charge in [0, 0.05) is 6.20 Å². The molecule has 0 unspecified atom stereocenters. The molecule has 116 valence electrons. The minimum atomic E-state index is -0.195. The summed E-state index contributed by atoms with van der Waals surface area (Å²) in [5, 5.41) is 7.19. The zero-order valence-corrected chi connectivity index (χ0v) is 13.2. The molecule has 5 nitrogen and oxygen atoms in total. The predicted octanol–water partition coefficient (Wildman–Crippen LogP) is 3.39. The molecule has 0 aliphatic rings. The maximum Gasteiger partial charge on any atom is 0.260 e. The van der Waals surface area contributed by atoms with E-state index in [-0.39, 0.29) is 5.91 Å². The summed E-state index contributed by atoms with van der Waals surface area (Å²) in [6.45, 7) is 4.05. The Morgan fingerprint density at radius 1 is 1.17 bits per heavy atom. The number of carbonyl (C=O) groups excluding carboxylic acids is 1. The molecule has 1 aromatic carbocycles. The summed E-state index contributed by atoms with van der Waals surface area (Å²) >= 11 is 0. The van der Waals surface area contributed by atoms with E-state index in [4.69, 9.17) is 0 Å². The molecule has 23 heavy (non-hydrogen) atoms. The van der Waals surface area contributed by atoms with Crippen LogP contribution >= 0.6 is 0 Å². The van der Waals surface area contributed by atoms with Crippen LogP contribution in [0.3, 0.4) is 0 Å². The zero-order chi connectivity index (χ0) is 16.2. The number of nitrogens with zero attached hydrogens (tertiary/aromatic N) is 3. The Morgan fingerprint density at radius 2 is 1.96 bits per heavy atom. The largest absolute Gasteiger partial charge is 0.306 e. The van der Waals surface area contributed by atoms with Crippen molar-refractivity contribution in [2.24, 2.45) is 0 Å². The highest BCUT2D eigenvalue weighted by molar-refractivity contribution is 6.04. The van der Waals surface area contributed by atoms with Gasteiger partial charge in [-0.1, -0.05) is 30.7 Å². The summed E-state index contributed by atoms with van der Waals surface area (Å²) in [7, 11) is 0. The topological polar surface area (TPSA) is 59.8 Å². The van der Waals surface area contributed by atoms with Gasteiger partial charge in [-0.3, -0.25) is 4.79 Å². The Labute approximate surface area is 135 Å². The number of carbonyl (C=O) groups is 1. The minimum absolute atomic E-state index is 0.195. The van der Waals surface area contributed by atoms with Crippen LogP contribution in [-0.2, 0) is 6.42 Å². The van der Waals surface area contributed by atoms with Crippen molar-refractivity contribution in [3.63, 3.8) is 0 Å². The highest BCUT2D eigenvalue weighted by Gasteiger charge is 2.17. The lowest BCUT2D eigenvalue weighted by atomic mass is 10.1. The van der Waals surface area contributed by atoms with E-state index in [0.29, 0.717) is 17.8 Å². The van der Waals surface area contributed by atoms with Crippen molar-refractivity contribution in [3.8, 4) is 5.69 Å². The van der Waals surface area contributed by atoms with Gasteiger partial charge < -0.3 is 5.32 Å². The van der Waals surface area contributed by atoms with Crippen molar-refractivity contribution in [1.29, 1.82) is 0 Å². The summed E-state index contributed by atoms with van der Waals surface area (Å²) in [5.74, 6) is 0.335. The predicted molar refractivity (Wildman–Crippen MR) is 89.9 cm³/mol. The fourth-order valence-electron chi connectivity index (χ4n) is 2.43. The standard InChI is InChI=1S/C18H18N4O/c1-3-16-15(18(23)21-17-6-4-5-11-19-17)12-20-22(16)14-9-7-13(2)8-10-14/h4-12H,3H2,1-2H3,(H,19,21,23). The first-order valence-electron chi connectivity index (χ1n) is 7.55. The van der Waals surface area contributed by atoms with Gasteiger partial charge in [0.2, 0.25) is 0 Å². The molecule has 0 fully saturated rings. The van der Waals surface area contributed by atoms with Crippen molar-refractivity contribution in [2.75, 3.05) is 5.32 Å². The van der Waals surface area contributed by atoms with E-state index in [2.05, 4.69) is 15.4 Å². The molecule has 0 aliphatic carbocycles. The average molecular weight is 306 g/mol. The number of anilines is 1. The van der Waals surface area contributed by atoms with Crippen LogP contribution in [0.2, 0.25) is 0 Å². The summed E-state index contributed by atoms with van der Waals surface area (Å²) in [6, 6.07) is 13.5. The molecule has 2 heterocycles. The van der Waals surface area contributed by atoms with E-state index in [1.807, 2.05) is 54.9 Å². The molecule has 0 saturated heterocycles. The van der Waals surface area contributed by atoms with Gasteiger partial charge in [0.15, 0.2) is 0 Å². The summed E-state index contributed by atoms with van der Waals surface area (Å²) in [5.41, 5.74) is 3.58. The third-order valence-corrected chi connectivity index (χ3v) is 3.63. The molecule has 0 radical (unpaired) electrons. The summed E-state index contributed by atoms with van der Waals surface area (Å²) < 4.78 is 1.81. The Hall–Kier alpha value is -2.95. The zero-order valence-electron chi connectivity index (χ0n) is 13.2. The van der Waals surface area contributed by atoms with Crippen LogP contribution in [-0.4, -0.2) is 20.7 Å². The third kappa shape index (κ3) is 3.13. The molecule has 3 rings (SSSR count). The van der Waals surface area contributed by atoms with Gasteiger partial charge in [-0.05, 0) is 37.6 Å².